The van der Waals surface area contributed by atoms with Crippen LogP contribution < -0.4 is 5.32 Å². The summed E-state index contributed by atoms with van der Waals surface area (Å²) in [4.78, 5) is 28.3. The molecule has 1 N–H and O–H groups in total. The fraction of sp³-hybridized carbons (Fsp3) is 0.440. The maximum absolute atomic E-state index is 13.4. The van der Waals surface area contributed by atoms with E-state index >= 15 is 0 Å². The molecule has 0 bridgehead atoms. The normalized spacial score (nSPS) is 15.0. The summed E-state index contributed by atoms with van der Waals surface area (Å²) in [6.45, 7) is 4.37. The number of carbonyl (C=O) groups is 2. The van der Waals surface area contributed by atoms with Gasteiger partial charge in [0.1, 0.15) is 6.04 Å². The molecule has 1 aliphatic rings. The fourth-order valence-electron chi connectivity index (χ4n) is 4.18. The van der Waals surface area contributed by atoms with E-state index in [1.165, 1.54) is 0 Å². The predicted octanol–water partition coefficient (Wildman–Crippen LogP) is 5.71. The first-order valence-electron chi connectivity index (χ1n) is 11.0. The lowest BCUT2D eigenvalue weighted by Crippen LogP contribution is -2.51. The van der Waals surface area contributed by atoms with Gasteiger partial charge in [-0.15, -0.1) is 0 Å². The Morgan fingerprint density at radius 3 is 2.45 bits per heavy atom. The number of amides is 2. The number of nitrogens with zero attached hydrogens (tertiary/aromatic N) is 1. The molecule has 31 heavy (non-hydrogen) atoms. The average molecular weight is 461 g/mol. The van der Waals surface area contributed by atoms with Gasteiger partial charge >= 0.3 is 0 Å². The van der Waals surface area contributed by atoms with Gasteiger partial charge in [0.05, 0.1) is 16.5 Å². The molecule has 4 nitrogen and oxygen atoms in total. The number of nitrogens with one attached hydrogen (secondary N) is 1. The van der Waals surface area contributed by atoms with Crippen LogP contribution in [-0.4, -0.2) is 28.8 Å². The molecule has 0 radical (unpaired) electrons. The number of halogens is 2. The Morgan fingerprint density at radius 1 is 1.10 bits per heavy atom. The number of hydrogen-bond donors (Lipinski definition) is 1. The molecule has 2 aromatic carbocycles. The molecular weight excluding hydrogens is 431 g/mol. The van der Waals surface area contributed by atoms with Crippen molar-refractivity contribution in [2.75, 3.05) is 0 Å². The summed E-state index contributed by atoms with van der Waals surface area (Å²) < 4.78 is 0. The van der Waals surface area contributed by atoms with E-state index in [0.29, 0.717) is 23.0 Å². The first-order valence-corrected chi connectivity index (χ1v) is 11.7. The van der Waals surface area contributed by atoms with Crippen molar-refractivity contribution in [2.24, 2.45) is 0 Å². The molecule has 0 heterocycles. The Hall–Kier alpha value is -2.04. The molecule has 166 valence electrons. The maximum atomic E-state index is 13.4. The van der Waals surface area contributed by atoms with Crippen molar-refractivity contribution in [3.05, 3.63) is 69.2 Å². The zero-order chi connectivity index (χ0) is 22.4. The third-order valence-corrected chi connectivity index (χ3v) is 6.77. The van der Waals surface area contributed by atoms with Crippen molar-refractivity contribution in [2.45, 2.75) is 71.0 Å². The van der Waals surface area contributed by atoms with Gasteiger partial charge in [0.2, 0.25) is 11.8 Å². The van der Waals surface area contributed by atoms with Crippen LogP contribution in [0.15, 0.2) is 42.5 Å². The van der Waals surface area contributed by atoms with Crippen LogP contribution in [0.25, 0.3) is 0 Å². The molecular formula is C25H30Cl2N2O2. The standard InChI is InChI=1S/C25H30Cl2N2O2/c1-3-23(25(31)28-20-10-6-7-11-20)29(16-19-9-5-4-8-17(19)2)24(30)15-18-12-13-21(26)22(27)14-18/h4-5,8-9,12-14,20,23H,3,6-7,10-11,15-16H2,1-2H3,(H,28,31)/t23-/m0/s1. The van der Waals surface area contributed by atoms with Gasteiger partial charge in [-0.2, -0.15) is 0 Å². The van der Waals surface area contributed by atoms with Crippen LogP contribution >= 0.6 is 23.2 Å². The van der Waals surface area contributed by atoms with Gasteiger partial charge < -0.3 is 10.2 Å². The van der Waals surface area contributed by atoms with E-state index in [0.717, 1.165) is 42.4 Å². The van der Waals surface area contributed by atoms with Crippen LogP contribution in [0.1, 0.15) is 55.7 Å². The highest BCUT2D eigenvalue weighted by molar-refractivity contribution is 6.42. The first-order chi connectivity index (χ1) is 14.9. The van der Waals surface area contributed by atoms with Crippen LogP contribution in [0, 0.1) is 6.92 Å². The quantitative estimate of drug-likeness (QED) is 0.548. The molecule has 1 saturated carbocycles. The summed E-state index contributed by atoms with van der Waals surface area (Å²) in [6, 6.07) is 12.9. The lowest BCUT2D eigenvalue weighted by molar-refractivity contribution is -0.141. The molecule has 0 unspecified atom stereocenters. The van der Waals surface area contributed by atoms with Gasteiger partial charge in [0, 0.05) is 12.6 Å². The number of hydrogen-bond acceptors (Lipinski definition) is 2. The van der Waals surface area contributed by atoms with Gasteiger partial charge in [-0.05, 0) is 55.0 Å². The second-order valence-electron chi connectivity index (χ2n) is 8.29. The number of carbonyl (C=O) groups excluding carboxylic acids is 2. The third kappa shape index (κ3) is 6.24. The summed E-state index contributed by atoms with van der Waals surface area (Å²) in [6.07, 6.45) is 5.03. The first kappa shape index (κ1) is 23.6. The molecule has 0 saturated heterocycles. The molecule has 0 aliphatic heterocycles. The highest BCUT2D eigenvalue weighted by atomic mass is 35.5. The predicted molar refractivity (Wildman–Crippen MR) is 126 cm³/mol. The summed E-state index contributed by atoms with van der Waals surface area (Å²) in [5.41, 5.74) is 2.92. The van der Waals surface area contributed by atoms with Crippen LogP contribution in [0.3, 0.4) is 0 Å². The number of rotatable bonds is 8. The SMILES string of the molecule is CC[C@@H](C(=O)NC1CCCC1)N(Cc1ccccc1C)C(=O)Cc1ccc(Cl)c(Cl)c1. The number of benzene rings is 2. The highest BCUT2D eigenvalue weighted by Gasteiger charge is 2.30. The summed E-state index contributed by atoms with van der Waals surface area (Å²) >= 11 is 12.2. The Bertz CT molecular complexity index is 925. The van der Waals surface area contributed by atoms with Crippen molar-refractivity contribution < 1.29 is 9.59 Å². The molecule has 0 spiro atoms. The Labute approximate surface area is 194 Å². The molecule has 2 amide bonds. The topological polar surface area (TPSA) is 49.4 Å². The Morgan fingerprint density at radius 2 is 1.81 bits per heavy atom. The van der Waals surface area contributed by atoms with Gasteiger partial charge in [0.25, 0.3) is 0 Å². The van der Waals surface area contributed by atoms with Crippen molar-refractivity contribution in [1.29, 1.82) is 0 Å². The third-order valence-electron chi connectivity index (χ3n) is 6.03. The van der Waals surface area contributed by atoms with Crippen LogP contribution in [0.2, 0.25) is 10.0 Å². The molecule has 2 aromatic rings. The van der Waals surface area contributed by atoms with E-state index in [9.17, 15) is 9.59 Å². The molecule has 0 aromatic heterocycles. The van der Waals surface area contributed by atoms with Gasteiger partial charge in [-0.25, -0.2) is 0 Å². The lowest BCUT2D eigenvalue weighted by Gasteiger charge is -2.32. The smallest absolute Gasteiger partial charge is 0.243 e. The van der Waals surface area contributed by atoms with E-state index in [2.05, 4.69) is 5.32 Å². The van der Waals surface area contributed by atoms with Crippen molar-refractivity contribution in [3.8, 4) is 0 Å². The van der Waals surface area contributed by atoms with Crippen molar-refractivity contribution >= 4 is 35.0 Å². The minimum Gasteiger partial charge on any atom is -0.352 e. The minimum absolute atomic E-state index is 0.0644. The van der Waals surface area contributed by atoms with E-state index in [4.69, 9.17) is 23.2 Å². The second kappa shape index (κ2) is 11.0. The highest BCUT2D eigenvalue weighted by Crippen LogP contribution is 2.24. The lowest BCUT2D eigenvalue weighted by atomic mass is 10.0. The van der Waals surface area contributed by atoms with Gasteiger partial charge in [0.15, 0.2) is 0 Å². The van der Waals surface area contributed by atoms with Crippen molar-refractivity contribution in [1.82, 2.24) is 10.2 Å². The van der Waals surface area contributed by atoms with Crippen molar-refractivity contribution in [3.63, 3.8) is 0 Å². The average Bonchev–Trinajstić information content (AvgIpc) is 3.25. The molecule has 6 heteroatoms. The monoisotopic (exact) mass is 460 g/mol. The number of aryl methyl sites for hydroxylation is 1. The fourth-order valence-corrected chi connectivity index (χ4v) is 4.50. The zero-order valence-corrected chi connectivity index (χ0v) is 19.7. The molecule has 1 fully saturated rings. The van der Waals surface area contributed by atoms with E-state index in [-0.39, 0.29) is 24.3 Å². The summed E-state index contributed by atoms with van der Waals surface area (Å²) in [7, 11) is 0. The second-order valence-corrected chi connectivity index (χ2v) is 9.10. The Balaban J connectivity index is 1.84. The Kier molecular flexibility index (Phi) is 8.39. The largest absolute Gasteiger partial charge is 0.352 e. The van der Waals surface area contributed by atoms with Crippen LogP contribution in [0.5, 0.6) is 0 Å². The van der Waals surface area contributed by atoms with Crippen LogP contribution in [-0.2, 0) is 22.6 Å². The van der Waals surface area contributed by atoms with E-state index < -0.39 is 6.04 Å². The minimum atomic E-state index is -0.518. The van der Waals surface area contributed by atoms with Crippen LogP contribution in [0.4, 0.5) is 0 Å². The molecule has 3 rings (SSSR count). The van der Waals surface area contributed by atoms with E-state index in [1.807, 2.05) is 38.1 Å². The zero-order valence-electron chi connectivity index (χ0n) is 18.2. The molecule has 1 atom stereocenters. The summed E-state index contributed by atoms with van der Waals surface area (Å²) in [5, 5.41) is 4.05. The van der Waals surface area contributed by atoms with E-state index in [1.54, 1.807) is 23.1 Å². The van der Waals surface area contributed by atoms with Gasteiger partial charge in [-0.1, -0.05) is 73.3 Å². The van der Waals surface area contributed by atoms with Gasteiger partial charge in [-0.3, -0.25) is 9.59 Å². The summed E-state index contributed by atoms with van der Waals surface area (Å²) in [5.74, 6) is -0.166. The maximum Gasteiger partial charge on any atom is 0.243 e. The molecule has 1 aliphatic carbocycles.